The molecule has 0 saturated carbocycles. The molecule has 0 unspecified atom stereocenters. The van der Waals surface area contributed by atoms with Crippen LogP contribution in [0.1, 0.15) is 5.56 Å². The molecule has 3 aromatic rings. The predicted octanol–water partition coefficient (Wildman–Crippen LogP) is 3.47. The molecule has 7 nitrogen and oxygen atoms in total. The van der Waals surface area contributed by atoms with E-state index in [0.29, 0.717) is 10.7 Å². The van der Waals surface area contributed by atoms with E-state index in [-0.39, 0.29) is 24.0 Å². The second kappa shape index (κ2) is 9.09. The predicted molar refractivity (Wildman–Crippen MR) is 103 cm³/mol. The number of thiazole rings is 1. The van der Waals surface area contributed by atoms with E-state index in [0.717, 1.165) is 10.2 Å². The number of aromatic nitrogens is 1. The van der Waals surface area contributed by atoms with Crippen molar-refractivity contribution in [1.29, 1.82) is 0 Å². The summed E-state index contributed by atoms with van der Waals surface area (Å²) in [6, 6.07) is 12.0. The molecule has 0 spiro atoms. The van der Waals surface area contributed by atoms with Gasteiger partial charge in [0.25, 0.3) is 5.91 Å². The number of hydrogen-bond donors (Lipinski definition) is 2. The number of anilines is 1. The van der Waals surface area contributed by atoms with Gasteiger partial charge in [-0.2, -0.15) is 13.9 Å². The highest BCUT2D eigenvalue weighted by atomic mass is 32.1. The van der Waals surface area contributed by atoms with E-state index in [2.05, 4.69) is 25.6 Å². The second-order valence-electron chi connectivity index (χ2n) is 5.42. The molecule has 3 rings (SSSR count). The van der Waals surface area contributed by atoms with Crippen LogP contribution in [0.3, 0.4) is 0 Å². The number of ether oxygens (including phenoxy) is 2. The fourth-order valence-corrected chi connectivity index (χ4v) is 3.15. The molecule has 10 heteroatoms. The topological polar surface area (TPSA) is 84.8 Å². The van der Waals surface area contributed by atoms with Gasteiger partial charge in [-0.25, -0.2) is 10.4 Å². The Balaban J connectivity index is 1.54. The normalized spacial score (nSPS) is 11.1. The lowest BCUT2D eigenvalue weighted by Gasteiger charge is -2.10. The van der Waals surface area contributed by atoms with Crippen molar-refractivity contribution in [1.82, 2.24) is 10.4 Å². The number of hydrogen-bond acceptors (Lipinski definition) is 7. The Labute approximate surface area is 163 Å². The fourth-order valence-electron chi connectivity index (χ4n) is 2.28. The van der Waals surface area contributed by atoms with Crippen molar-refractivity contribution >= 4 is 38.8 Å². The van der Waals surface area contributed by atoms with Crippen LogP contribution in [0.2, 0.25) is 0 Å². The molecule has 1 heterocycles. The number of nitrogens with one attached hydrogen (secondary N) is 2. The third-order valence-corrected chi connectivity index (χ3v) is 4.49. The third kappa shape index (κ3) is 5.13. The number of hydrazone groups is 1. The maximum Gasteiger partial charge on any atom is 0.387 e. The zero-order valence-corrected chi connectivity index (χ0v) is 15.5. The summed E-state index contributed by atoms with van der Waals surface area (Å²) in [6.45, 7) is -2.99. The highest BCUT2D eigenvalue weighted by Crippen LogP contribution is 2.29. The number of halogens is 2. The Bertz CT molecular complexity index is 961. The number of nitrogens with zero attached hydrogens (tertiary/aromatic N) is 2. The minimum atomic E-state index is -2.98. The van der Waals surface area contributed by atoms with Gasteiger partial charge in [0.1, 0.15) is 0 Å². The largest absolute Gasteiger partial charge is 0.493 e. The maximum absolute atomic E-state index is 12.4. The molecule has 0 bridgehead atoms. The van der Waals surface area contributed by atoms with Crippen molar-refractivity contribution in [2.75, 3.05) is 19.0 Å². The van der Waals surface area contributed by atoms with E-state index in [1.54, 1.807) is 6.07 Å². The molecule has 1 aromatic heterocycles. The Kier molecular flexibility index (Phi) is 6.33. The molecule has 1 amide bonds. The van der Waals surface area contributed by atoms with E-state index in [1.165, 1.54) is 36.8 Å². The molecule has 0 atom stereocenters. The number of rotatable bonds is 8. The van der Waals surface area contributed by atoms with E-state index in [4.69, 9.17) is 4.74 Å². The molecule has 146 valence electrons. The maximum atomic E-state index is 12.4. The van der Waals surface area contributed by atoms with Crippen LogP contribution in [0, 0.1) is 0 Å². The zero-order valence-electron chi connectivity index (χ0n) is 14.7. The van der Waals surface area contributed by atoms with Gasteiger partial charge in [-0.05, 0) is 35.9 Å². The fraction of sp³-hybridized carbons (Fsp3) is 0.167. The van der Waals surface area contributed by atoms with Crippen molar-refractivity contribution in [2.45, 2.75) is 6.61 Å². The summed E-state index contributed by atoms with van der Waals surface area (Å²) in [5.41, 5.74) is 3.66. The van der Waals surface area contributed by atoms with Crippen molar-refractivity contribution < 1.29 is 23.0 Å². The molecule has 0 radical (unpaired) electrons. The monoisotopic (exact) mass is 406 g/mol. The van der Waals surface area contributed by atoms with Gasteiger partial charge < -0.3 is 14.8 Å². The molecule has 0 aliphatic carbocycles. The van der Waals surface area contributed by atoms with Gasteiger partial charge in [0, 0.05) is 0 Å². The average molecular weight is 406 g/mol. The molecule has 0 aliphatic rings. The zero-order chi connectivity index (χ0) is 19.9. The highest BCUT2D eigenvalue weighted by molar-refractivity contribution is 7.22. The van der Waals surface area contributed by atoms with Crippen molar-refractivity contribution in [2.24, 2.45) is 5.10 Å². The van der Waals surface area contributed by atoms with Crippen LogP contribution in [0.5, 0.6) is 11.5 Å². The number of carbonyl (C=O) groups is 1. The van der Waals surface area contributed by atoms with E-state index in [1.807, 2.05) is 24.3 Å². The Morgan fingerprint density at radius 2 is 2.11 bits per heavy atom. The molecular weight excluding hydrogens is 390 g/mol. The van der Waals surface area contributed by atoms with E-state index < -0.39 is 6.61 Å². The minimum Gasteiger partial charge on any atom is -0.493 e. The quantitative estimate of drug-likeness (QED) is 0.442. The number of alkyl halides is 2. The van der Waals surface area contributed by atoms with Crippen LogP contribution in [-0.2, 0) is 4.79 Å². The van der Waals surface area contributed by atoms with Crippen LogP contribution in [0.15, 0.2) is 47.6 Å². The average Bonchev–Trinajstić information content (AvgIpc) is 3.09. The summed E-state index contributed by atoms with van der Waals surface area (Å²) in [4.78, 5) is 16.2. The van der Waals surface area contributed by atoms with Gasteiger partial charge in [0.15, 0.2) is 16.6 Å². The van der Waals surface area contributed by atoms with Gasteiger partial charge >= 0.3 is 6.61 Å². The van der Waals surface area contributed by atoms with Crippen molar-refractivity contribution in [3.8, 4) is 11.5 Å². The van der Waals surface area contributed by atoms with Crippen LogP contribution in [-0.4, -0.2) is 37.4 Å². The lowest BCUT2D eigenvalue weighted by atomic mass is 10.2. The smallest absolute Gasteiger partial charge is 0.387 e. The summed E-state index contributed by atoms with van der Waals surface area (Å²) in [7, 11) is 1.35. The summed E-state index contributed by atoms with van der Waals surface area (Å²) in [6.07, 6.45) is 1.31. The lowest BCUT2D eigenvalue weighted by molar-refractivity contribution is -0.119. The van der Waals surface area contributed by atoms with Crippen LogP contribution in [0.4, 0.5) is 13.9 Å². The third-order valence-electron chi connectivity index (χ3n) is 3.50. The first-order chi connectivity index (χ1) is 13.5. The Hall–Kier alpha value is -3.27. The molecule has 0 aliphatic heterocycles. The first-order valence-corrected chi connectivity index (χ1v) is 8.91. The van der Waals surface area contributed by atoms with Crippen LogP contribution in [0.25, 0.3) is 10.2 Å². The summed E-state index contributed by atoms with van der Waals surface area (Å²) >= 11 is 1.44. The van der Waals surface area contributed by atoms with Gasteiger partial charge in [0.2, 0.25) is 0 Å². The minimum absolute atomic E-state index is 0.0144. The summed E-state index contributed by atoms with van der Waals surface area (Å²) in [5.74, 6) is -0.333. The number of carbonyl (C=O) groups excluding carboxylic acids is 1. The first kappa shape index (κ1) is 19.5. The highest BCUT2D eigenvalue weighted by Gasteiger charge is 2.11. The van der Waals surface area contributed by atoms with E-state index >= 15 is 0 Å². The van der Waals surface area contributed by atoms with Gasteiger partial charge in [-0.15, -0.1) is 0 Å². The number of amides is 1. The molecule has 2 aromatic carbocycles. The van der Waals surface area contributed by atoms with Gasteiger partial charge in [0.05, 0.1) is 30.1 Å². The molecule has 0 fully saturated rings. The Morgan fingerprint density at radius 1 is 1.29 bits per heavy atom. The molecule has 2 N–H and O–H groups in total. The second-order valence-corrected chi connectivity index (χ2v) is 6.45. The number of para-hydroxylation sites is 1. The standard InChI is InChI=1S/C18H16F2N4O3S/c1-26-13-7-6-11(8-14(13)27-17(19)20)9-22-24-16(25)10-21-18-23-12-4-2-3-5-15(12)28-18/h2-9,17H,10H2,1H3,(H,21,23)(H,24,25)/b22-9-. The van der Waals surface area contributed by atoms with Gasteiger partial charge in [-0.1, -0.05) is 23.5 Å². The van der Waals surface area contributed by atoms with E-state index in [9.17, 15) is 13.6 Å². The van der Waals surface area contributed by atoms with Crippen molar-refractivity contribution in [3.05, 3.63) is 48.0 Å². The molecular formula is C18H16F2N4O3S. The molecule has 28 heavy (non-hydrogen) atoms. The summed E-state index contributed by atoms with van der Waals surface area (Å²) < 4.78 is 35.2. The first-order valence-electron chi connectivity index (χ1n) is 8.09. The van der Waals surface area contributed by atoms with Crippen molar-refractivity contribution in [3.63, 3.8) is 0 Å². The van der Waals surface area contributed by atoms with Crippen LogP contribution < -0.4 is 20.2 Å². The number of fused-ring (bicyclic) bond motifs is 1. The van der Waals surface area contributed by atoms with Gasteiger partial charge in [-0.3, -0.25) is 4.79 Å². The molecule has 0 saturated heterocycles. The lowest BCUT2D eigenvalue weighted by Crippen LogP contribution is -2.25. The Morgan fingerprint density at radius 3 is 2.86 bits per heavy atom. The summed E-state index contributed by atoms with van der Waals surface area (Å²) in [5, 5.41) is 7.37. The SMILES string of the molecule is COc1ccc(/C=N\NC(=O)CNc2nc3ccccc3s2)cc1OC(F)F. The number of methoxy groups -OCH3 is 1. The number of benzene rings is 2. The van der Waals surface area contributed by atoms with Crippen LogP contribution >= 0.6 is 11.3 Å².